The number of benzene rings is 1. The van der Waals surface area contributed by atoms with Crippen molar-refractivity contribution in [1.29, 1.82) is 0 Å². The molecular weight excluding hydrogens is 232 g/mol. The van der Waals surface area contributed by atoms with Gasteiger partial charge in [0.25, 0.3) is 0 Å². The second-order valence-electron chi connectivity index (χ2n) is 5.78. The van der Waals surface area contributed by atoms with Gasteiger partial charge in [0, 0.05) is 23.6 Å². The predicted molar refractivity (Wildman–Crippen MR) is 83.8 cm³/mol. The maximum Gasteiger partial charge on any atom is 0.0485 e. The van der Waals surface area contributed by atoms with Crippen LogP contribution < -0.4 is 0 Å². The molecule has 0 bridgehead atoms. The molecule has 0 radical (unpaired) electrons. The topological polar surface area (TPSA) is 8.17 Å². The minimum Gasteiger partial charge on any atom is -0.347 e. The molecule has 0 saturated carbocycles. The molecule has 2 heteroatoms. The number of rotatable bonds is 6. The molecular formula is C17H26N2. The number of hydrogen-bond acceptors (Lipinski definition) is 1. The van der Waals surface area contributed by atoms with Gasteiger partial charge in [0.2, 0.25) is 0 Å². The monoisotopic (exact) mass is 258 g/mol. The predicted octanol–water partition coefficient (Wildman–Crippen LogP) is 3.85. The van der Waals surface area contributed by atoms with Crippen LogP contribution in [0, 0.1) is 6.92 Å². The number of fused-ring (bicyclic) bond motifs is 1. The van der Waals surface area contributed by atoms with Crippen molar-refractivity contribution in [3.05, 3.63) is 35.5 Å². The lowest BCUT2D eigenvalue weighted by atomic mass is 10.1. The van der Waals surface area contributed by atoms with Crippen molar-refractivity contribution >= 4 is 10.9 Å². The summed E-state index contributed by atoms with van der Waals surface area (Å²) in [5.74, 6) is 0. The van der Waals surface area contributed by atoms with Gasteiger partial charge in [-0.3, -0.25) is 0 Å². The van der Waals surface area contributed by atoms with E-state index in [1.165, 1.54) is 41.3 Å². The quantitative estimate of drug-likeness (QED) is 0.764. The molecule has 19 heavy (non-hydrogen) atoms. The van der Waals surface area contributed by atoms with Gasteiger partial charge in [-0.05, 0) is 64.0 Å². The van der Waals surface area contributed by atoms with E-state index in [4.69, 9.17) is 0 Å². The summed E-state index contributed by atoms with van der Waals surface area (Å²) in [6.07, 6.45) is 5.96. The fourth-order valence-electron chi connectivity index (χ4n) is 2.69. The van der Waals surface area contributed by atoms with Gasteiger partial charge in [-0.1, -0.05) is 19.1 Å². The van der Waals surface area contributed by atoms with Gasteiger partial charge < -0.3 is 9.47 Å². The van der Waals surface area contributed by atoms with Crippen LogP contribution in [0.1, 0.15) is 30.9 Å². The highest BCUT2D eigenvalue weighted by Crippen LogP contribution is 2.24. The Labute approximate surface area is 117 Å². The SMILES string of the molecule is CCCn1cc(CCCN(C)C)c2ccc(C)cc21. The Kier molecular flexibility index (Phi) is 4.65. The zero-order valence-electron chi connectivity index (χ0n) is 12.7. The average molecular weight is 258 g/mol. The maximum atomic E-state index is 2.42. The number of nitrogens with zero attached hydrogens (tertiary/aromatic N) is 2. The number of aryl methyl sites for hydroxylation is 3. The van der Waals surface area contributed by atoms with Gasteiger partial charge >= 0.3 is 0 Å². The first-order valence-corrected chi connectivity index (χ1v) is 7.35. The zero-order valence-corrected chi connectivity index (χ0v) is 12.7. The fourth-order valence-corrected chi connectivity index (χ4v) is 2.69. The summed E-state index contributed by atoms with van der Waals surface area (Å²) in [5.41, 5.74) is 4.26. The van der Waals surface area contributed by atoms with E-state index in [9.17, 15) is 0 Å². The van der Waals surface area contributed by atoms with Crippen molar-refractivity contribution in [3.8, 4) is 0 Å². The van der Waals surface area contributed by atoms with E-state index in [0.29, 0.717) is 0 Å². The lowest BCUT2D eigenvalue weighted by Crippen LogP contribution is -2.13. The molecule has 0 aliphatic rings. The minimum atomic E-state index is 1.12. The van der Waals surface area contributed by atoms with Crippen molar-refractivity contribution in [2.45, 2.75) is 39.7 Å². The Morgan fingerprint density at radius 1 is 1.21 bits per heavy atom. The molecule has 0 saturated heterocycles. The maximum absolute atomic E-state index is 2.42. The largest absolute Gasteiger partial charge is 0.347 e. The minimum absolute atomic E-state index is 1.12. The second-order valence-corrected chi connectivity index (χ2v) is 5.78. The Morgan fingerprint density at radius 2 is 2.00 bits per heavy atom. The summed E-state index contributed by atoms with van der Waals surface area (Å²) in [7, 11) is 4.29. The standard InChI is InChI=1S/C17H26N2/c1-5-10-19-13-15(7-6-11-18(3)4)16-9-8-14(2)12-17(16)19/h8-9,12-13H,5-7,10-11H2,1-4H3. The van der Waals surface area contributed by atoms with Gasteiger partial charge in [-0.15, -0.1) is 0 Å². The molecule has 0 N–H and O–H groups in total. The van der Waals surface area contributed by atoms with Crippen LogP contribution in [0.25, 0.3) is 10.9 Å². The van der Waals surface area contributed by atoms with Gasteiger partial charge in [-0.25, -0.2) is 0 Å². The molecule has 1 heterocycles. The van der Waals surface area contributed by atoms with Crippen LogP contribution in [-0.4, -0.2) is 30.1 Å². The highest BCUT2D eigenvalue weighted by Gasteiger charge is 2.08. The highest BCUT2D eigenvalue weighted by molar-refractivity contribution is 5.84. The fraction of sp³-hybridized carbons (Fsp3) is 0.529. The van der Waals surface area contributed by atoms with E-state index in [0.717, 1.165) is 13.1 Å². The van der Waals surface area contributed by atoms with Gasteiger partial charge in [0.1, 0.15) is 0 Å². The van der Waals surface area contributed by atoms with Crippen LogP contribution >= 0.6 is 0 Å². The first-order chi connectivity index (χ1) is 9.11. The van der Waals surface area contributed by atoms with Crippen molar-refractivity contribution in [2.24, 2.45) is 0 Å². The smallest absolute Gasteiger partial charge is 0.0485 e. The molecule has 0 unspecified atom stereocenters. The number of aromatic nitrogens is 1. The Bertz CT molecular complexity index is 537. The van der Waals surface area contributed by atoms with E-state index in [2.05, 4.69) is 61.8 Å². The highest BCUT2D eigenvalue weighted by atomic mass is 15.0. The van der Waals surface area contributed by atoms with Crippen LogP contribution in [0.15, 0.2) is 24.4 Å². The lowest BCUT2D eigenvalue weighted by molar-refractivity contribution is 0.400. The number of hydrogen-bond donors (Lipinski definition) is 0. The molecule has 0 aliphatic carbocycles. The molecule has 0 atom stereocenters. The molecule has 0 amide bonds. The Hall–Kier alpha value is -1.28. The summed E-state index contributed by atoms with van der Waals surface area (Å²) in [5, 5.41) is 1.44. The normalized spacial score (nSPS) is 11.6. The molecule has 0 spiro atoms. The van der Waals surface area contributed by atoms with Gasteiger partial charge in [0.15, 0.2) is 0 Å². The molecule has 1 aromatic carbocycles. The van der Waals surface area contributed by atoms with E-state index >= 15 is 0 Å². The summed E-state index contributed by atoms with van der Waals surface area (Å²) >= 11 is 0. The lowest BCUT2D eigenvalue weighted by Gasteiger charge is -2.08. The van der Waals surface area contributed by atoms with Gasteiger partial charge in [0.05, 0.1) is 0 Å². The van der Waals surface area contributed by atoms with Crippen LogP contribution in [0.2, 0.25) is 0 Å². The summed E-state index contributed by atoms with van der Waals surface area (Å²) < 4.78 is 2.42. The van der Waals surface area contributed by atoms with Crippen LogP contribution in [0.3, 0.4) is 0 Å². The molecule has 1 aromatic heterocycles. The third kappa shape index (κ3) is 3.38. The molecule has 2 rings (SSSR count). The molecule has 104 valence electrons. The van der Waals surface area contributed by atoms with Crippen LogP contribution in [0.4, 0.5) is 0 Å². The van der Waals surface area contributed by atoms with E-state index in [1.54, 1.807) is 0 Å². The Morgan fingerprint density at radius 3 is 2.68 bits per heavy atom. The summed E-state index contributed by atoms with van der Waals surface area (Å²) in [6.45, 7) is 6.70. The van der Waals surface area contributed by atoms with E-state index < -0.39 is 0 Å². The summed E-state index contributed by atoms with van der Waals surface area (Å²) in [6, 6.07) is 6.84. The van der Waals surface area contributed by atoms with Crippen molar-refractivity contribution in [1.82, 2.24) is 9.47 Å². The molecule has 0 fully saturated rings. The van der Waals surface area contributed by atoms with E-state index in [-0.39, 0.29) is 0 Å². The van der Waals surface area contributed by atoms with E-state index in [1.807, 2.05) is 0 Å². The summed E-state index contributed by atoms with van der Waals surface area (Å²) in [4.78, 5) is 2.26. The zero-order chi connectivity index (χ0) is 13.8. The average Bonchev–Trinajstić information content (AvgIpc) is 2.67. The first kappa shape index (κ1) is 14.1. The molecule has 2 aromatic rings. The second kappa shape index (κ2) is 6.25. The molecule has 2 nitrogen and oxygen atoms in total. The van der Waals surface area contributed by atoms with Crippen molar-refractivity contribution < 1.29 is 0 Å². The Balaban J connectivity index is 2.27. The first-order valence-electron chi connectivity index (χ1n) is 7.35. The van der Waals surface area contributed by atoms with Crippen molar-refractivity contribution in [2.75, 3.05) is 20.6 Å². The third-order valence-corrected chi connectivity index (χ3v) is 3.64. The molecule has 0 aliphatic heterocycles. The third-order valence-electron chi connectivity index (χ3n) is 3.64. The van der Waals surface area contributed by atoms with Crippen LogP contribution in [-0.2, 0) is 13.0 Å². The van der Waals surface area contributed by atoms with Gasteiger partial charge in [-0.2, -0.15) is 0 Å². The van der Waals surface area contributed by atoms with Crippen molar-refractivity contribution in [3.63, 3.8) is 0 Å². The van der Waals surface area contributed by atoms with Crippen LogP contribution in [0.5, 0.6) is 0 Å².